The summed E-state index contributed by atoms with van der Waals surface area (Å²) in [6.07, 6.45) is -1.75. The van der Waals surface area contributed by atoms with E-state index in [0.29, 0.717) is 12.2 Å². The van der Waals surface area contributed by atoms with Gasteiger partial charge in [-0.05, 0) is 30.2 Å². The van der Waals surface area contributed by atoms with E-state index < -0.39 is 11.7 Å². The van der Waals surface area contributed by atoms with Crippen LogP contribution < -0.4 is 5.32 Å². The van der Waals surface area contributed by atoms with Gasteiger partial charge >= 0.3 is 6.18 Å². The van der Waals surface area contributed by atoms with E-state index in [1.54, 1.807) is 16.9 Å². The maximum absolute atomic E-state index is 12.8. The summed E-state index contributed by atoms with van der Waals surface area (Å²) in [6.45, 7) is 0.657. The minimum atomic E-state index is -4.31. The van der Waals surface area contributed by atoms with Gasteiger partial charge in [-0.1, -0.05) is 6.07 Å². The molecule has 0 amide bonds. The average molecular weight is 281 g/mol. The number of rotatable bonds is 1. The number of hydrogen-bond acceptors (Lipinski definition) is 2. The van der Waals surface area contributed by atoms with Gasteiger partial charge in [-0.15, -0.1) is 0 Å². The first-order valence-corrected chi connectivity index (χ1v) is 6.40. The Morgan fingerprint density at radius 2 is 2.10 bits per heavy atom. The lowest BCUT2D eigenvalue weighted by molar-refractivity contribution is -0.137. The number of aryl methyl sites for hydroxylation is 1. The Balaban J connectivity index is 2.04. The second-order valence-electron chi connectivity index (χ2n) is 4.95. The fourth-order valence-corrected chi connectivity index (χ4v) is 2.73. The molecule has 0 spiro atoms. The third-order valence-corrected chi connectivity index (χ3v) is 3.72. The molecular weight excluding hydrogens is 267 g/mol. The molecule has 3 rings (SSSR count). The van der Waals surface area contributed by atoms with E-state index in [1.165, 1.54) is 6.07 Å². The number of aromatic nitrogens is 2. The van der Waals surface area contributed by atoms with Crippen molar-refractivity contribution < 1.29 is 13.2 Å². The molecule has 20 heavy (non-hydrogen) atoms. The molecule has 1 aliphatic heterocycles. The van der Waals surface area contributed by atoms with E-state index >= 15 is 0 Å². The number of benzene rings is 1. The van der Waals surface area contributed by atoms with Gasteiger partial charge in [0.1, 0.15) is 0 Å². The van der Waals surface area contributed by atoms with Gasteiger partial charge in [-0.3, -0.25) is 4.68 Å². The zero-order valence-electron chi connectivity index (χ0n) is 10.9. The van der Waals surface area contributed by atoms with Crippen molar-refractivity contribution in [2.75, 3.05) is 11.9 Å². The molecule has 1 aliphatic rings. The van der Waals surface area contributed by atoms with E-state index in [1.807, 2.05) is 13.1 Å². The minimum Gasteiger partial charge on any atom is -0.385 e. The smallest absolute Gasteiger partial charge is 0.385 e. The maximum Gasteiger partial charge on any atom is 0.416 e. The first-order chi connectivity index (χ1) is 9.47. The van der Waals surface area contributed by atoms with Crippen molar-refractivity contribution >= 4 is 5.69 Å². The van der Waals surface area contributed by atoms with E-state index in [0.717, 1.165) is 23.7 Å². The molecule has 0 aliphatic carbocycles. The van der Waals surface area contributed by atoms with Crippen molar-refractivity contribution in [1.29, 1.82) is 0 Å². The van der Waals surface area contributed by atoms with Gasteiger partial charge in [0.25, 0.3) is 0 Å². The van der Waals surface area contributed by atoms with Crippen molar-refractivity contribution in [3.05, 3.63) is 47.3 Å². The van der Waals surface area contributed by atoms with E-state index in [9.17, 15) is 13.2 Å². The summed E-state index contributed by atoms with van der Waals surface area (Å²) in [6, 6.07) is 5.83. The molecule has 1 aromatic carbocycles. The number of anilines is 1. The molecule has 1 aromatic heterocycles. The third kappa shape index (κ3) is 2.15. The Bertz CT molecular complexity index is 631. The number of alkyl halides is 3. The second-order valence-corrected chi connectivity index (χ2v) is 4.95. The van der Waals surface area contributed by atoms with Gasteiger partial charge in [-0.2, -0.15) is 18.3 Å². The van der Waals surface area contributed by atoms with Crippen molar-refractivity contribution in [2.24, 2.45) is 7.05 Å². The molecule has 1 N–H and O–H groups in total. The van der Waals surface area contributed by atoms with Gasteiger partial charge < -0.3 is 5.32 Å². The lowest BCUT2D eigenvalue weighted by atomic mass is 9.87. The van der Waals surface area contributed by atoms with E-state index in [-0.39, 0.29) is 5.92 Å². The number of nitrogens with zero attached hydrogens (tertiary/aromatic N) is 2. The first-order valence-electron chi connectivity index (χ1n) is 6.40. The molecule has 2 heterocycles. The highest BCUT2D eigenvalue weighted by molar-refractivity contribution is 5.58. The average Bonchev–Trinajstić information content (AvgIpc) is 2.82. The Kier molecular flexibility index (Phi) is 2.96. The van der Waals surface area contributed by atoms with Crippen LogP contribution in [0, 0.1) is 0 Å². The molecule has 106 valence electrons. The second kappa shape index (κ2) is 4.54. The highest BCUT2D eigenvalue weighted by atomic mass is 19.4. The lowest BCUT2D eigenvalue weighted by Crippen LogP contribution is -2.20. The standard InChI is InChI=1S/C14H14F3N3/c1-20-13(5-7-19-20)11-4-6-18-12-8-9(14(15,16)17)2-3-10(11)12/h2-3,5,7-8,11,18H,4,6H2,1H3. The minimum absolute atomic E-state index is 0.0843. The molecular formula is C14H14F3N3. The zero-order valence-corrected chi connectivity index (χ0v) is 10.9. The monoisotopic (exact) mass is 281 g/mol. The molecule has 3 nitrogen and oxygen atoms in total. The van der Waals surface area contributed by atoms with E-state index in [4.69, 9.17) is 0 Å². The van der Waals surface area contributed by atoms with Crippen molar-refractivity contribution in [2.45, 2.75) is 18.5 Å². The van der Waals surface area contributed by atoms with Crippen LogP contribution in [0.5, 0.6) is 0 Å². The summed E-state index contributed by atoms with van der Waals surface area (Å²) in [7, 11) is 1.85. The molecule has 1 atom stereocenters. The van der Waals surface area contributed by atoms with E-state index in [2.05, 4.69) is 10.4 Å². The van der Waals surface area contributed by atoms with Gasteiger partial charge in [0.15, 0.2) is 0 Å². The molecule has 0 bridgehead atoms. The summed E-state index contributed by atoms with van der Waals surface area (Å²) in [4.78, 5) is 0. The number of halogens is 3. The molecule has 0 saturated heterocycles. The molecule has 0 radical (unpaired) electrons. The van der Waals surface area contributed by atoms with Crippen LogP contribution in [0.15, 0.2) is 30.5 Å². The predicted octanol–water partition coefficient (Wildman–Crippen LogP) is 3.39. The van der Waals surface area contributed by atoms with Gasteiger partial charge in [0.2, 0.25) is 0 Å². The molecule has 2 aromatic rings. The summed E-state index contributed by atoms with van der Waals surface area (Å²) in [5.41, 5.74) is 1.87. The van der Waals surface area contributed by atoms with Gasteiger partial charge in [0.05, 0.1) is 5.56 Å². The van der Waals surface area contributed by atoms with Crippen molar-refractivity contribution in [3.8, 4) is 0 Å². The summed E-state index contributed by atoms with van der Waals surface area (Å²) in [5, 5.41) is 7.19. The van der Waals surface area contributed by atoms with Crippen LogP contribution >= 0.6 is 0 Å². The van der Waals surface area contributed by atoms with Crippen LogP contribution in [0.3, 0.4) is 0 Å². The number of nitrogens with one attached hydrogen (secondary N) is 1. The summed E-state index contributed by atoms with van der Waals surface area (Å²) >= 11 is 0. The summed E-state index contributed by atoms with van der Waals surface area (Å²) < 4.78 is 40.0. The molecule has 1 unspecified atom stereocenters. The molecule has 0 saturated carbocycles. The maximum atomic E-state index is 12.8. The molecule has 6 heteroatoms. The van der Waals surface area contributed by atoms with Gasteiger partial charge in [0, 0.05) is 37.1 Å². The Labute approximate surface area is 114 Å². The molecule has 0 fully saturated rings. The van der Waals surface area contributed by atoms with Crippen LogP contribution in [-0.2, 0) is 13.2 Å². The van der Waals surface area contributed by atoms with Crippen molar-refractivity contribution in [1.82, 2.24) is 9.78 Å². The van der Waals surface area contributed by atoms with Crippen LogP contribution in [-0.4, -0.2) is 16.3 Å². The van der Waals surface area contributed by atoms with Crippen LogP contribution in [0.1, 0.15) is 29.2 Å². The quantitative estimate of drug-likeness (QED) is 0.868. The Hall–Kier alpha value is -1.98. The fourth-order valence-electron chi connectivity index (χ4n) is 2.73. The lowest BCUT2D eigenvalue weighted by Gasteiger charge is -2.27. The van der Waals surface area contributed by atoms with Crippen molar-refractivity contribution in [3.63, 3.8) is 0 Å². The fraction of sp³-hybridized carbons (Fsp3) is 0.357. The highest BCUT2D eigenvalue weighted by Gasteiger charge is 2.32. The SMILES string of the molecule is Cn1nccc1C1CCNc2cc(C(F)(F)F)ccc21. The normalized spacial score (nSPS) is 18.5. The summed E-state index contributed by atoms with van der Waals surface area (Å²) in [5.74, 6) is 0.0843. The Morgan fingerprint density at radius 3 is 2.75 bits per heavy atom. The van der Waals surface area contributed by atoms with Crippen LogP contribution in [0.25, 0.3) is 0 Å². The predicted molar refractivity (Wildman–Crippen MR) is 69.6 cm³/mol. The van der Waals surface area contributed by atoms with Crippen LogP contribution in [0.4, 0.5) is 18.9 Å². The Morgan fingerprint density at radius 1 is 1.30 bits per heavy atom. The first kappa shape index (κ1) is 13.0. The number of hydrogen-bond donors (Lipinski definition) is 1. The number of fused-ring (bicyclic) bond motifs is 1. The third-order valence-electron chi connectivity index (χ3n) is 3.72. The van der Waals surface area contributed by atoms with Gasteiger partial charge in [-0.25, -0.2) is 0 Å². The largest absolute Gasteiger partial charge is 0.416 e. The zero-order chi connectivity index (χ0) is 14.3. The van der Waals surface area contributed by atoms with Crippen LogP contribution in [0.2, 0.25) is 0 Å². The highest BCUT2D eigenvalue weighted by Crippen LogP contribution is 2.39. The topological polar surface area (TPSA) is 29.9 Å².